The maximum Gasteiger partial charge on any atom is 0.123 e. The number of rotatable bonds is 3. The molecule has 3 rings (SSSR count). The lowest BCUT2D eigenvalue weighted by molar-refractivity contribution is 0.184. The van der Waals surface area contributed by atoms with E-state index in [2.05, 4.69) is 6.92 Å². The zero-order valence-electron chi connectivity index (χ0n) is 12.7. The van der Waals surface area contributed by atoms with E-state index in [0.717, 1.165) is 30.6 Å². The van der Waals surface area contributed by atoms with Crippen molar-refractivity contribution in [1.29, 1.82) is 0 Å². The van der Waals surface area contributed by atoms with Gasteiger partial charge in [-0.05, 0) is 73.1 Å². The summed E-state index contributed by atoms with van der Waals surface area (Å²) in [6, 6.07) is 5.40. The molecule has 0 spiro atoms. The van der Waals surface area contributed by atoms with Crippen molar-refractivity contribution in [3.05, 3.63) is 35.1 Å². The minimum Gasteiger partial charge on any atom is -0.207 e. The Hall–Kier alpha value is -0.850. The molecule has 20 heavy (non-hydrogen) atoms. The van der Waals surface area contributed by atoms with Gasteiger partial charge in [0.25, 0.3) is 0 Å². The van der Waals surface area contributed by atoms with Gasteiger partial charge in [0.15, 0.2) is 0 Å². The summed E-state index contributed by atoms with van der Waals surface area (Å²) in [4.78, 5) is 0. The summed E-state index contributed by atoms with van der Waals surface area (Å²) in [6.07, 6.45) is 12.1. The van der Waals surface area contributed by atoms with Crippen molar-refractivity contribution < 1.29 is 4.39 Å². The summed E-state index contributed by atoms with van der Waals surface area (Å²) < 4.78 is 13.4. The molecule has 0 aromatic heterocycles. The maximum atomic E-state index is 13.4. The standard InChI is InChI=1S/C19H27F/c1-2-3-14-4-6-15(7-5-14)17-9-8-16-10-11-19(20)13-18(16)12-17/h10-11,13-15,17H,2-9,12H2,1H3. The lowest BCUT2D eigenvalue weighted by atomic mass is 9.69. The molecule has 0 nitrogen and oxygen atoms in total. The van der Waals surface area contributed by atoms with Crippen LogP contribution in [-0.4, -0.2) is 0 Å². The SMILES string of the molecule is CCCC1CCC(C2CCc3ccc(F)cc3C2)CC1. The number of hydrogen-bond acceptors (Lipinski definition) is 0. The number of halogens is 1. The summed E-state index contributed by atoms with van der Waals surface area (Å²) in [5.41, 5.74) is 2.68. The van der Waals surface area contributed by atoms with Gasteiger partial charge in [-0.25, -0.2) is 4.39 Å². The third-order valence-corrected chi connectivity index (χ3v) is 5.69. The molecule has 0 N–H and O–H groups in total. The Kier molecular flexibility index (Phi) is 4.43. The average molecular weight is 274 g/mol. The number of aryl methyl sites for hydroxylation is 1. The molecule has 1 aromatic rings. The van der Waals surface area contributed by atoms with Crippen molar-refractivity contribution in [2.24, 2.45) is 17.8 Å². The molecule has 1 heteroatoms. The van der Waals surface area contributed by atoms with E-state index in [1.54, 1.807) is 12.1 Å². The van der Waals surface area contributed by atoms with Crippen LogP contribution in [0.15, 0.2) is 18.2 Å². The van der Waals surface area contributed by atoms with E-state index >= 15 is 0 Å². The zero-order chi connectivity index (χ0) is 13.9. The van der Waals surface area contributed by atoms with E-state index in [1.165, 1.54) is 56.1 Å². The second-order valence-corrected chi connectivity index (χ2v) is 6.99. The summed E-state index contributed by atoms with van der Waals surface area (Å²) in [5, 5.41) is 0. The second-order valence-electron chi connectivity index (χ2n) is 6.99. The number of hydrogen-bond donors (Lipinski definition) is 0. The van der Waals surface area contributed by atoms with Crippen LogP contribution in [0.3, 0.4) is 0 Å². The second kappa shape index (κ2) is 6.28. The predicted molar refractivity (Wildman–Crippen MR) is 82.3 cm³/mol. The van der Waals surface area contributed by atoms with Crippen molar-refractivity contribution in [1.82, 2.24) is 0 Å². The van der Waals surface area contributed by atoms with Crippen LogP contribution < -0.4 is 0 Å². The Bertz CT molecular complexity index is 443. The first-order valence-electron chi connectivity index (χ1n) is 8.53. The van der Waals surface area contributed by atoms with Gasteiger partial charge in [-0.1, -0.05) is 38.7 Å². The third kappa shape index (κ3) is 3.07. The molecule has 0 heterocycles. The fourth-order valence-corrected chi connectivity index (χ4v) is 4.51. The van der Waals surface area contributed by atoms with Crippen molar-refractivity contribution >= 4 is 0 Å². The molecule has 2 aliphatic rings. The van der Waals surface area contributed by atoms with Gasteiger partial charge >= 0.3 is 0 Å². The highest BCUT2D eigenvalue weighted by atomic mass is 19.1. The minimum absolute atomic E-state index is 0.0592. The lowest BCUT2D eigenvalue weighted by Crippen LogP contribution is -2.26. The molecule has 0 saturated heterocycles. The van der Waals surface area contributed by atoms with E-state index in [1.807, 2.05) is 6.07 Å². The summed E-state index contributed by atoms with van der Waals surface area (Å²) in [7, 11) is 0. The fraction of sp³-hybridized carbons (Fsp3) is 0.684. The Labute approximate surface area is 122 Å². The van der Waals surface area contributed by atoms with Gasteiger partial charge in [-0.2, -0.15) is 0 Å². The molecule has 1 fully saturated rings. The summed E-state index contributed by atoms with van der Waals surface area (Å²) >= 11 is 0. The topological polar surface area (TPSA) is 0 Å². The lowest BCUT2D eigenvalue weighted by Gasteiger charge is -2.36. The number of fused-ring (bicyclic) bond motifs is 1. The summed E-state index contributed by atoms with van der Waals surface area (Å²) in [5.74, 6) is 2.65. The monoisotopic (exact) mass is 274 g/mol. The largest absolute Gasteiger partial charge is 0.207 e. The Morgan fingerprint density at radius 3 is 2.55 bits per heavy atom. The first kappa shape index (κ1) is 14.1. The van der Waals surface area contributed by atoms with Crippen LogP contribution in [0.25, 0.3) is 0 Å². The Balaban J connectivity index is 1.60. The molecule has 1 unspecified atom stereocenters. The smallest absolute Gasteiger partial charge is 0.123 e. The van der Waals surface area contributed by atoms with Gasteiger partial charge in [-0.15, -0.1) is 0 Å². The van der Waals surface area contributed by atoms with Crippen molar-refractivity contribution in [3.8, 4) is 0 Å². The molecular formula is C19H27F. The summed E-state index contributed by atoms with van der Waals surface area (Å²) in [6.45, 7) is 2.30. The quantitative estimate of drug-likeness (QED) is 0.679. The zero-order valence-corrected chi connectivity index (χ0v) is 12.7. The molecule has 1 atom stereocenters. The predicted octanol–water partition coefficient (Wildman–Crippen LogP) is 5.54. The van der Waals surface area contributed by atoms with Crippen molar-refractivity contribution in [2.45, 2.75) is 64.7 Å². The van der Waals surface area contributed by atoms with Gasteiger partial charge in [0.2, 0.25) is 0 Å². The average Bonchev–Trinajstić information content (AvgIpc) is 2.47. The highest BCUT2D eigenvalue weighted by molar-refractivity contribution is 5.30. The highest BCUT2D eigenvalue weighted by Crippen LogP contribution is 2.40. The Morgan fingerprint density at radius 1 is 1.00 bits per heavy atom. The molecule has 0 aliphatic heterocycles. The third-order valence-electron chi connectivity index (χ3n) is 5.69. The molecule has 1 saturated carbocycles. The van der Waals surface area contributed by atoms with Crippen molar-refractivity contribution in [2.75, 3.05) is 0 Å². The van der Waals surface area contributed by atoms with E-state index in [4.69, 9.17) is 0 Å². The Morgan fingerprint density at radius 2 is 1.80 bits per heavy atom. The van der Waals surface area contributed by atoms with Crippen LogP contribution in [0, 0.1) is 23.6 Å². The highest BCUT2D eigenvalue weighted by Gasteiger charge is 2.29. The number of benzene rings is 1. The molecule has 0 amide bonds. The maximum absolute atomic E-state index is 13.4. The van der Waals surface area contributed by atoms with Crippen molar-refractivity contribution in [3.63, 3.8) is 0 Å². The van der Waals surface area contributed by atoms with E-state index in [9.17, 15) is 4.39 Å². The van der Waals surface area contributed by atoms with Crippen LogP contribution in [0.1, 0.15) is 63.0 Å². The van der Waals surface area contributed by atoms with Crippen LogP contribution in [0.5, 0.6) is 0 Å². The molecular weight excluding hydrogens is 247 g/mol. The normalized spacial score (nSPS) is 30.0. The fourth-order valence-electron chi connectivity index (χ4n) is 4.51. The van der Waals surface area contributed by atoms with E-state index < -0.39 is 0 Å². The van der Waals surface area contributed by atoms with Gasteiger partial charge in [0, 0.05) is 0 Å². The first-order chi connectivity index (χ1) is 9.76. The van der Waals surface area contributed by atoms with E-state index in [-0.39, 0.29) is 5.82 Å². The molecule has 2 aliphatic carbocycles. The molecule has 0 bridgehead atoms. The van der Waals surface area contributed by atoms with Gasteiger partial charge < -0.3 is 0 Å². The van der Waals surface area contributed by atoms with Gasteiger partial charge in [0.05, 0.1) is 0 Å². The molecule has 0 radical (unpaired) electrons. The molecule has 1 aromatic carbocycles. The van der Waals surface area contributed by atoms with Crippen LogP contribution in [0.4, 0.5) is 4.39 Å². The van der Waals surface area contributed by atoms with Crippen LogP contribution >= 0.6 is 0 Å². The minimum atomic E-state index is -0.0592. The van der Waals surface area contributed by atoms with E-state index in [0.29, 0.717) is 0 Å². The van der Waals surface area contributed by atoms with Crippen LogP contribution in [-0.2, 0) is 12.8 Å². The van der Waals surface area contributed by atoms with Gasteiger partial charge in [-0.3, -0.25) is 0 Å². The molecule has 110 valence electrons. The van der Waals surface area contributed by atoms with Crippen LogP contribution in [0.2, 0.25) is 0 Å². The first-order valence-corrected chi connectivity index (χ1v) is 8.53. The van der Waals surface area contributed by atoms with Gasteiger partial charge in [0.1, 0.15) is 5.82 Å².